The number of fused-ring (bicyclic) bond motifs is 1. The second kappa shape index (κ2) is 5.76. The summed E-state index contributed by atoms with van der Waals surface area (Å²) >= 11 is 1.46. The Kier molecular flexibility index (Phi) is 3.83. The van der Waals surface area contributed by atoms with E-state index in [4.69, 9.17) is 4.74 Å². The molecule has 3 rings (SSSR count). The highest BCUT2D eigenvalue weighted by Crippen LogP contribution is 2.19. The van der Waals surface area contributed by atoms with Gasteiger partial charge in [0.1, 0.15) is 11.4 Å². The molecular weight excluding hydrogens is 278 g/mol. The van der Waals surface area contributed by atoms with Gasteiger partial charge in [-0.05, 0) is 13.0 Å². The molecule has 0 N–H and O–H groups in total. The fraction of sp³-hybridized carbons (Fsp3) is 0.500. The molecule has 1 aliphatic heterocycles. The molecule has 0 radical (unpaired) electrons. The zero-order valence-electron chi connectivity index (χ0n) is 11.2. The third kappa shape index (κ3) is 2.75. The van der Waals surface area contributed by atoms with E-state index >= 15 is 0 Å². The van der Waals surface area contributed by atoms with Crippen LogP contribution in [0.15, 0.2) is 17.4 Å². The molecule has 0 spiro atoms. The predicted molar refractivity (Wildman–Crippen MR) is 73.6 cm³/mol. The van der Waals surface area contributed by atoms with E-state index in [9.17, 15) is 4.79 Å². The molecule has 0 saturated carbocycles. The highest BCUT2D eigenvalue weighted by Gasteiger charge is 2.17. The number of hydrogen-bond donors (Lipinski definition) is 0. The molecule has 7 nitrogen and oxygen atoms in total. The Morgan fingerprint density at radius 1 is 1.45 bits per heavy atom. The van der Waals surface area contributed by atoms with Crippen molar-refractivity contribution in [3.05, 3.63) is 18.1 Å². The largest absolute Gasteiger partial charge is 0.378 e. The van der Waals surface area contributed by atoms with Crippen LogP contribution in [0.1, 0.15) is 5.69 Å². The minimum atomic E-state index is 0.126. The van der Waals surface area contributed by atoms with Gasteiger partial charge in [-0.15, -0.1) is 0 Å². The van der Waals surface area contributed by atoms with E-state index in [1.807, 2.05) is 17.9 Å². The summed E-state index contributed by atoms with van der Waals surface area (Å²) in [6.45, 7) is 4.50. The van der Waals surface area contributed by atoms with E-state index in [1.54, 1.807) is 4.52 Å². The van der Waals surface area contributed by atoms with Crippen LogP contribution in [0.25, 0.3) is 5.78 Å². The second-order valence-electron chi connectivity index (χ2n) is 4.49. The molecule has 0 bridgehead atoms. The SMILES string of the molecule is Cc1cc(SCC(=O)N2CCOCC2)n2ncnc2n1. The lowest BCUT2D eigenvalue weighted by Gasteiger charge is -2.26. The van der Waals surface area contributed by atoms with E-state index < -0.39 is 0 Å². The number of morpholine rings is 1. The molecule has 1 fully saturated rings. The van der Waals surface area contributed by atoms with Crippen LogP contribution < -0.4 is 0 Å². The van der Waals surface area contributed by atoms with Crippen molar-refractivity contribution in [2.75, 3.05) is 32.1 Å². The van der Waals surface area contributed by atoms with Gasteiger partial charge in [0.2, 0.25) is 5.91 Å². The fourth-order valence-corrected chi connectivity index (χ4v) is 3.00. The van der Waals surface area contributed by atoms with Crippen LogP contribution in [0.3, 0.4) is 0 Å². The average Bonchev–Trinajstić information content (AvgIpc) is 2.93. The zero-order valence-corrected chi connectivity index (χ0v) is 12.0. The Morgan fingerprint density at radius 2 is 2.25 bits per heavy atom. The lowest BCUT2D eigenvalue weighted by Crippen LogP contribution is -2.41. The number of hydrogen-bond acceptors (Lipinski definition) is 6. The van der Waals surface area contributed by atoms with Gasteiger partial charge in [-0.1, -0.05) is 11.8 Å². The number of ether oxygens (including phenoxy) is 1. The molecule has 2 aromatic heterocycles. The maximum Gasteiger partial charge on any atom is 0.253 e. The number of aryl methyl sites for hydroxylation is 1. The summed E-state index contributed by atoms with van der Waals surface area (Å²) in [5, 5.41) is 5.01. The molecule has 2 aromatic rings. The third-order valence-electron chi connectivity index (χ3n) is 3.05. The minimum absolute atomic E-state index is 0.126. The van der Waals surface area contributed by atoms with Crippen LogP contribution in [0.2, 0.25) is 0 Å². The van der Waals surface area contributed by atoms with Crippen molar-refractivity contribution in [1.82, 2.24) is 24.5 Å². The molecule has 0 unspecified atom stereocenters. The first kappa shape index (κ1) is 13.3. The van der Waals surface area contributed by atoms with Gasteiger partial charge in [-0.2, -0.15) is 14.6 Å². The van der Waals surface area contributed by atoms with Gasteiger partial charge in [0.05, 0.1) is 19.0 Å². The number of rotatable bonds is 3. The third-order valence-corrected chi connectivity index (χ3v) is 4.03. The Hall–Kier alpha value is -1.67. The number of carbonyl (C=O) groups excluding carboxylic acids is 1. The van der Waals surface area contributed by atoms with Crippen molar-refractivity contribution < 1.29 is 9.53 Å². The molecule has 1 amide bonds. The fourth-order valence-electron chi connectivity index (χ4n) is 2.04. The number of amides is 1. The van der Waals surface area contributed by atoms with Gasteiger partial charge in [0.25, 0.3) is 5.78 Å². The smallest absolute Gasteiger partial charge is 0.253 e. The van der Waals surface area contributed by atoms with Crippen LogP contribution >= 0.6 is 11.8 Å². The highest BCUT2D eigenvalue weighted by molar-refractivity contribution is 7.99. The molecule has 0 atom stereocenters. The van der Waals surface area contributed by atoms with Crippen molar-refractivity contribution in [2.24, 2.45) is 0 Å². The predicted octanol–water partition coefficient (Wildman–Crippen LogP) is 0.384. The Morgan fingerprint density at radius 3 is 3.05 bits per heavy atom. The van der Waals surface area contributed by atoms with Crippen molar-refractivity contribution >= 4 is 23.4 Å². The van der Waals surface area contributed by atoms with Gasteiger partial charge in [-0.3, -0.25) is 4.79 Å². The molecular formula is C12H15N5O2S. The number of carbonyl (C=O) groups is 1. The Balaban J connectivity index is 1.70. The van der Waals surface area contributed by atoms with E-state index in [2.05, 4.69) is 15.1 Å². The summed E-state index contributed by atoms with van der Waals surface area (Å²) in [5.41, 5.74) is 0.867. The maximum absolute atomic E-state index is 12.1. The average molecular weight is 293 g/mol. The van der Waals surface area contributed by atoms with Gasteiger partial charge >= 0.3 is 0 Å². The van der Waals surface area contributed by atoms with E-state index in [0.29, 0.717) is 37.8 Å². The van der Waals surface area contributed by atoms with Crippen molar-refractivity contribution in [1.29, 1.82) is 0 Å². The lowest BCUT2D eigenvalue weighted by molar-refractivity contribution is -0.132. The number of aromatic nitrogens is 4. The Labute approximate surface area is 120 Å². The number of thioether (sulfide) groups is 1. The van der Waals surface area contributed by atoms with Gasteiger partial charge in [0.15, 0.2) is 0 Å². The first-order valence-electron chi connectivity index (χ1n) is 6.40. The zero-order chi connectivity index (χ0) is 13.9. The molecule has 3 heterocycles. The molecule has 0 aliphatic carbocycles. The lowest BCUT2D eigenvalue weighted by atomic mass is 10.4. The highest BCUT2D eigenvalue weighted by atomic mass is 32.2. The van der Waals surface area contributed by atoms with Crippen molar-refractivity contribution in [2.45, 2.75) is 11.9 Å². The van der Waals surface area contributed by atoms with Gasteiger partial charge < -0.3 is 9.64 Å². The van der Waals surface area contributed by atoms with Crippen LogP contribution in [0.5, 0.6) is 0 Å². The van der Waals surface area contributed by atoms with E-state index in [0.717, 1.165) is 10.7 Å². The topological polar surface area (TPSA) is 72.6 Å². The first-order chi connectivity index (χ1) is 9.74. The Bertz CT molecular complexity index is 623. The van der Waals surface area contributed by atoms with Crippen LogP contribution in [0, 0.1) is 6.92 Å². The van der Waals surface area contributed by atoms with Crippen LogP contribution in [0.4, 0.5) is 0 Å². The van der Waals surface area contributed by atoms with Gasteiger partial charge in [0, 0.05) is 18.8 Å². The summed E-state index contributed by atoms with van der Waals surface area (Å²) in [5.74, 6) is 1.07. The van der Waals surface area contributed by atoms with Gasteiger partial charge in [-0.25, -0.2) is 4.98 Å². The standard InChI is InChI=1S/C12H15N5O2S/c1-9-6-11(17-12(15-9)13-8-14-17)20-7-10(18)16-2-4-19-5-3-16/h6,8H,2-5,7H2,1H3. The molecule has 0 aromatic carbocycles. The van der Waals surface area contributed by atoms with Crippen molar-refractivity contribution in [3.63, 3.8) is 0 Å². The first-order valence-corrected chi connectivity index (χ1v) is 7.38. The van der Waals surface area contributed by atoms with Crippen LogP contribution in [-0.4, -0.2) is 62.4 Å². The number of nitrogens with zero attached hydrogens (tertiary/aromatic N) is 5. The van der Waals surface area contributed by atoms with E-state index in [-0.39, 0.29) is 5.91 Å². The molecule has 8 heteroatoms. The van der Waals surface area contributed by atoms with Crippen molar-refractivity contribution in [3.8, 4) is 0 Å². The van der Waals surface area contributed by atoms with Crippen LogP contribution in [-0.2, 0) is 9.53 Å². The molecule has 20 heavy (non-hydrogen) atoms. The normalized spacial score (nSPS) is 15.8. The minimum Gasteiger partial charge on any atom is -0.378 e. The molecule has 1 aliphatic rings. The maximum atomic E-state index is 12.1. The molecule has 106 valence electrons. The van der Waals surface area contributed by atoms with E-state index in [1.165, 1.54) is 18.1 Å². The summed E-state index contributed by atoms with van der Waals surface area (Å²) in [6.07, 6.45) is 1.47. The summed E-state index contributed by atoms with van der Waals surface area (Å²) < 4.78 is 6.90. The summed E-state index contributed by atoms with van der Waals surface area (Å²) in [4.78, 5) is 22.3. The monoisotopic (exact) mass is 293 g/mol. The summed E-state index contributed by atoms with van der Waals surface area (Å²) in [7, 11) is 0. The molecule has 1 saturated heterocycles. The quantitative estimate of drug-likeness (QED) is 0.602. The summed E-state index contributed by atoms with van der Waals surface area (Å²) in [6, 6.07) is 1.92. The second-order valence-corrected chi connectivity index (χ2v) is 5.49.